The number of carbonyl (C=O) groups excluding carboxylic acids is 2. The molecule has 0 aliphatic carbocycles. The number of allylic oxidation sites excluding steroid dienone is 3. The van der Waals surface area contributed by atoms with Crippen LogP contribution in [0.15, 0.2) is 91.2 Å². The fraction of sp³-hybridized carbons (Fsp3) is 0.364. The maximum atomic E-state index is 13.9. The summed E-state index contributed by atoms with van der Waals surface area (Å²) in [6.45, 7) is 15.6. The first-order valence-electron chi connectivity index (χ1n) is 18.6. The average Bonchev–Trinajstić information content (AvgIpc) is 3.95. The third kappa shape index (κ3) is 13.7. The standard InChI is InChI=1S/C37H41F3N6O2.C5H10O2.C2H2/c1-5-7-8-10-25(3)24-48-36(47)46-21-9-11-31(46)35-41-22-30(42-35)28-16-12-26(13-17-28)27-14-18-29(19-15-27)33-34(37(38,39)40)44-32(43-33)23-45(4)20-6-2;1-5(2,3)7-4-6;1-2/h5,7-8,10,12-19,22,31H,3,6,9,11,20-21,23-24H2,1-2,4H3,(H,41,42)(H,43,44);4H,1-3H3;1-2H/b7-5-,10-8-;;/t31-;;/m0../s1. The number of alkyl halides is 3. The summed E-state index contributed by atoms with van der Waals surface area (Å²) in [5, 5.41) is 0. The molecule has 4 aromatic rings. The van der Waals surface area contributed by atoms with Gasteiger partial charge in [-0.05, 0) is 82.8 Å². The molecule has 5 rings (SSSR count). The maximum Gasteiger partial charge on any atom is 0.433 e. The van der Waals surface area contributed by atoms with Crippen molar-refractivity contribution in [2.24, 2.45) is 0 Å². The minimum Gasteiger partial charge on any atom is -0.462 e. The third-order valence-corrected chi connectivity index (χ3v) is 8.57. The van der Waals surface area contributed by atoms with E-state index in [1.165, 1.54) is 0 Å². The molecule has 2 aromatic heterocycles. The van der Waals surface area contributed by atoms with Gasteiger partial charge in [-0.3, -0.25) is 14.6 Å². The Bertz CT molecular complexity index is 1970. The second kappa shape index (κ2) is 21.4. The SMILES string of the molecule is C#C.C=C(/C=C\C=C/C)COC(=O)N1CCC[C@H]1c1ncc(-c2ccc(-c3ccc(-c4nc(CN(C)CCC)[nH]c4C(F)(F)F)cc3)cc2)[nH]1.CC(C)(C)OC=O. The Morgan fingerprint density at radius 2 is 1.63 bits per heavy atom. The third-order valence-electron chi connectivity index (χ3n) is 8.57. The smallest absolute Gasteiger partial charge is 0.433 e. The summed E-state index contributed by atoms with van der Waals surface area (Å²) in [6, 6.07) is 14.6. The maximum absolute atomic E-state index is 13.9. The first kappa shape index (κ1) is 45.5. The van der Waals surface area contributed by atoms with E-state index in [1.54, 1.807) is 35.4 Å². The first-order valence-corrected chi connectivity index (χ1v) is 18.6. The van der Waals surface area contributed by atoms with E-state index in [0.29, 0.717) is 36.5 Å². The highest BCUT2D eigenvalue weighted by Crippen LogP contribution is 2.37. The second-order valence-electron chi connectivity index (χ2n) is 14.3. The fourth-order valence-corrected chi connectivity index (χ4v) is 5.95. The number of ether oxygens (including phenoxy) is 2. The van der Waals surface area contributed by atoms with Crippen molar-refractivity contribution in [1.29, 1.82) is 0 Å². The van der Waals surface area contributed by atoms with Crippen LogP contribution in [0.2, 0.25) is 0 Å². The van der Waals surface area contributed by atoms with Crippen molar-refractivity contribution in [2.75, 3.05) is 26.7 Å². The molecule has 3 heterocycles. The minimum absolute atomic E-state index is 0.101. The van der Waals surface area contributed by atoms with Gasteiger partial charge in [0.25, 0.3) is 6.47 Å². The number of likely N-dealkylation sites (tertiary alicyclic amines) is 1. The largest absolute Gasteiger partial charge is 0.462 e. The molecule has 0 saturated carbocycles. The normalized spacial score (nSPS) is 14.2. The number of nitrogens with zero attached hydrogens (tertiary/aromatic N) is 4. The Morgan fingerprint density at radius 1 is 1.02 bits per heavy atom. The van der Waals surface area contributed by atoms with E-state index in [9.17, 15) is 22.8 Å². The Hall–Kier alpha value is -5.87. The molecule has 304 valence electrons. The zero-order valence-electron chi connectivity index (χ0n) is 33.5. The van der Waals surface area contributed by atoms with Crippen molar-refractivity contribution in [3.8, 4) is 46.5 Å². The van der Waals surface area contributed by atoms with Crippen LogP contribution in [0.1, 0.15) is 77.3 Å². The van der Waals surface area contributed by atoms with Crippen molar-refractivity contribution in [3.63, 3.8) is 0 Å². The molecule has 2 aromatic carbocycles. The predicted molar refractivity (Wildman–Crippen MR) is 219 cm³/mol. The number of benzene rings is 2. The zero-order valence-corrected chi connectivity index (χ0v) is 33.5. The van der Waals surface area contributed by atoms with Crippen LogP contribution in [0, 0.1) is 12.8 Å². The summed E-state index contributed by atoms with van der Waals surface area (Å²) in [5.41, 5.74) is 3.34. The number of imidazole rings is 2. The fourth-order valence-electron chi connectivity index (χ4n) is 5.95. The lowest BCUT2D eigenvalue weighted by Gasteiger charge is -2.22. The van der Waals surface area contributed by atoms with Crippen LogP contribution in [0.25, 0.3) is 33.6 Å². The van der Waals surface area contributed by atoms with Gasteiger partial charge in [0.2, 0.25) is 0 Å². The summed E-state index contributed by atoms with van der Waals surface area (Å²) in [6.07, 6.45) is 14.8. The van der Waals surface area contributed by atoms with Crippen LogP contribution in [-0.2, 0) is 27.0 Å². The Balaban J connectivity index is 0.000000873. The minimum atomic E-state index is -4.55. The summed E-state index contributed by atoms with van der Waals surface area (Å²) in [5.74, 6) is 0.980. The molecule has 1 saturated heterocycles. The Morgan fingerprint density at radius 3 is 2.18 bits per heavy atom. The molecular weight excluding hydrogens is 734 g/mol. The van der Waals surface area contributed by atoms with Gasteiger partial charge in [-0.25, -0.2) is 14.8 Å². The van der Waals surface area contributed by atoms with Crippen LogP contribution in [0.4, 0.5) is 18.0 Å². The summed E-state index contributed by atoms with van der Waals surface area (Å²) in [7, 11) is 1.86. The number of hydrogen-bond donors (Lipinski definition) is 2. The van der Waals surface area contributed by atoms with Crippen LogP contribution in [-0.4, -0.2) is 74.6 Å². The number of aromatic amines is 2. The van der Waals surface area contributed by atoms with Crippen molar-refractivity contribution >= 4 is 12.6 Å². The molecule has 2 N–H and O–H groups in total. The molecule has 0 radical (unpaired) electrons. The van der Waals surface area contributed by atoms with E-state index >= 15 is 0 Å². The number of H-pyrrole nitrogens is 2. The van der Waals surface area contributed by atoms with Gasteiger partial charge in [-0.1, -0.05) is 86.3 Å². The van der Waals surface area contributed by atoms with Crippen LogP contribution >= 0.6 is 0 Å². The van der Waals surface area contributed by atoms with Crippen molar-refractivity contribution in [3.05, 3.63) is 109 Å². The number of rotatable bonds is 13. The lowest BCUT2D eigenvalue weighted by molar-refractivity contribution is -0.140. The van der Waals surface area contributed by atoms with Gasteiger partial charge in [0.15, 0.2) is 0 Å². The van der Waals surface area contributed by atoms with Gasteiger partial charge in [0.1, 0.15) is 35.2 Å². The number of nitrogens with one attached hydrogen (secondary N) is 2. The number of halogens is 3. The second-order valence-corrected chi connectivity index (χ2v) is 14.3. The number of hydrogen-bond acceptors (Lipinski definition) is 7. The summed E-state index contributed by atoms with van der Waals surface area (Å²) >= 11 is 0. The number of aromatic nitrogens is 4. The quantitative estimate of drug-likeness (QED) is 0.0787. The van der Waals surface area contributed by atoms with E-state index < -0.39 is 18.0 Å². The zero-order chi connectivity index (χ0) is 42.2. The van der Waals surface area contributed by atoms with Crippen LogP contribution < -0.4 is 0 Å². The molecule has 57 heavy (non-hydrogen) atoms. The molecule has 1 aliphatic rings. The molecular formula is C44H53F3N6O4. The molecule has 10 nitrogen and oxygen atoms in total. The molecule has 13 heteroatoms. The van der Waals surface area contributed by atoms with Gasteiger partial charge in [0.05, 0.1) is 24.5 Å². The number of carbonyl (C=O) groups is 2. The lowest BCUT2D eigenvalue weighted by Crippen LogP contribution is -2.32. The lowest BCUT2D eigenvalue weighted by atomic mass is 10.0. The summed E-state index contributed by atoms with van der Waals surface area (Å²) in [4.78, 5) is 40.9. The van der Waals surface area contributed by atoms with Crippen molar-refractivity contribution in [2.45, 2.75) is 78.2 Å². The highest BCUT2D eigenvalue weighted by molar-refractivity contribution is 5.73. The van der Waals surface area contributed by atoms with Crippen molar-refractivity contribution in [1.82, 2.24) is 29.7 Å². The van der Waals surface area contributed by atoms with E-state index in [4.69, 9.17) is 4.74 Å². The summed E-state index contributed by atoms with van der Waals surface area (Å²) < 4.78 is 51.7. The van der Waals surface area contributed by atoms with E-state index in [-0.39, 0.29) is 29.8 Å². The predicted octanol–water partition coefficient (Wildman–Crippen LogP) is 10.2. The molecule has 1 aliphatic heterocycles. The van der Waals surface area contributed by atoms with Crippen LogP contribution in [0.3, 0.4) is 0 Å². The molecule has 0 spiro atoms. The number of amides is 1. The van der Waals surface area contributed by atoms with E-state index in [1.807, 2.05) is 95.1 Å². The first-order chi connectivity index (χ1) is 27.1. The topological polar surface area (TPSA) is 116 Å². The molecule has 0 bridgehead atoms. The Kier molecular flexibility index (Phi) is 17.1. The van der Waals surface area contributed by atoms with Crippen molar-refractivity contribution < 1.29 is 32.2 Å². The molecule has 0 unspecified atom stereocenters. The van der Waals surface area contributed by atoms with Gasteiger partial charge in [0, 0.05) is 12.1 Å². The van der Waals surface area contributed by atoms with Gasteiger partial charge < -0.3 is 19.4 Å². The average molecular weight is 787 g/mol. The van der Waals surface area contributed by atoms with Gasteiger partial charge in [-0.2, -0.15) is 13.2 Å². The Labute approximate surface area is 333 Å². The van der Waals surface area contributed by atoms with E-state index in [2.05, 4.69) is 44.1 Å². The van der Waals surface area contributed by atoms with Gasteiger partial charge >= 0.3 is 12.3 Å². The molecule has 1 atom stereocenters. The van der Waals surface area contributed by atoms with Gasteiger partial charge in [-0.15, -0.1) is 12.8 Å². The number of terminal acetylenes is 1. The highest BCUT2D eigenvalue weighted by atomic mass is 19.4. The molecule has 1 amide bonds. The monoisotopic (exact) mass is 786 g/mol. The van der Waals surface area contributed by atoms with Crippen LogP contribution in [0.5, 0.6) is 0 Å². The van der Waals surface area contributed by atoms with E-state index in [0.717, 1.165) is 48.2 Å². The highest BCUT2D eigenvalue weighted by Gasteiger charge is 2.37. The molecule has 1 fully saturated rings.